The lowest BCUT2D eigenvalue weighted by atomic mass is 10.2. The predicted octanol–water partition coefficient (Wildman–Crippen LogP) is 2.74. The number of carbonyl (C=O) groups excluding carboxylic acids is 1. The van der Waals surface area contributed by atoms with E-state index in [1.807, 2.05) is 13.2 Å². The fourth-order valence-corrected chi connectivity index (χ4v) is 2.08. The van der Waals surface area contributed by atoms with Crippen LogP contribution < -0.4 is 15.4 Å². The summed E-state index contributed by atoms with van der Waals surface area (Å²) >= 11 is 0. The number of nitrogens with one attached hydrogen (secondary N) is 2. The molecule has 6 nitrogen and oxygen atoms in total. The highest BCUT2D eigenvalue weighted by atomic mass is 19.3. The maximum atomic E-state index is 12.2. The van der Waals surface area contributed by atoms with Crippen molar-refractivity contribution in [2.45, 2.75) is 19.8 Å². The highest BCUT2D eigenvalue weighted by molar-refractivity contribution is 5.89. The first-order chi connectivity index (χ1) is 11.4. The Hall–Kier alpha value is -2.64. The van der Waals surface area contributed by atoms with Crippen molar-refractivity contribution < 1.29 is 18.3 Å². The van der Waals surface area contributed by atoms with Gasteiger partial charge in [0.05, 0.1) is 6.20 Å². The van der Waals surface area contributed by atoms with Crippen LogP contribution in [0, 0.1) is 6.92 Å². The summed E-state index contributed by atoms with van der Waals surface area (Å²) in [6.07, 6.45) is 1.74. The number of benzene rings is 1. The molecule has 0 saturated heterocycles. The molecule has 24 heavy (non-hydrogen) atoms. The minimum atomic E-state index is -2.54. The van der Waals surface area contributed by atoms with Crippen molar-refractivity contribution in [2.24, 2.45) is 7.05 Å². The minimum Gasteiger partial charge on any atom is -0.487 e. The first kappa shape index (κ1) is 17.7. The van der Waals surface area contributed by atoms with Crippen LogP contribution in [0.5, 0.6) is 5.75 Å². The number of amides is 2. The SMILES string of the molecule is Cc1ccc(NC(=O)NCCc2cnn(C)c2)cc1OCC(F)F. The summed E-state index contributed by atoms with van der Waals surface area (Å²) in [5.74, 6) is 0.323. The lowest BCUT2D eigenvalue weighted by molar-refractivity contribution is 0.0816. The van der Waals surface area contributed by atoms with Crippen molar-refractivity contribution in [2.75, 3.05) is 18.5 Å². The van der Waals surface area contributed by atoms with E-state index in [-0.39, 0.29) is 6.03 Å². The van der Waals surface area contributed by atoms with Crippen molar-refractivity contribution >= 4 is 11.7 Å². The average molecular weight is 338 g/mol. The molecule has 0 unspecified atom stereocenters. The molecule has 0 bridgehead atoms. The summed E-state index contributed by atoms with van der Waals surface area (Å²) < 4.78 is 31.2. The van der Waals surface area contributed by atoms with Crippen molar-refractivity contribution in [1.29, 1.82) is 0 Å². The molecule has 8 heteroatoms. The number of anilines is 1. The minimum absolute atomic E-state index is 0.323. The van der Waals surface area contributed by atoms with E-state index < -0.39 is 13.0 Å². The zero-order valence-electron chi connectivity index (χ0n) is 13.6. The van der Waals surface area contributed by atoms with Crippen LogP contribution in [0.25, 0.3) is 0 Å². The van der Waals surface area contributed by atoms with Gasteiger partial charge in [-0.1, -0.05) is 6.07 Å². The van der Waals surface area contributed by atoms with Gasteiger partial charge in [0, 0.05) is 31.5 Å². The van der Waals surface area contributed by atoms with E-state index in [0.29, 0.717) is 24.4 Å². The maximum Gasteiger partial charge on any atom is 0.319 e. The molecular formula is C16H20F2N4O2. The van der Waals surface area contributed by atoms with E-state index in [1.165, 1.54) is 6.07 Å². The zero-order chi connectivity index (χ0) is 17.5. The number of carbonyl (C=O) groups is 1. The summed E-state index contributed by atoms with van der Waals surface area (Å²) in [5, 5.41) is 9.43. The van der Waals surface area contributed by atoms with Crippen LogP contribution in [0.4, 0.5) is 19.3 Å². The molecule has 0 saturated carbocycles. The second kappa shape index (κ2) is 8.28. The smallest absolute Gasteiger partial charge is 0.319 e. The number of hydrogen-bond donors (Lipinski definition) is 2. The van der Waals surface area contributed by atoms with Gasteiger partial charge in [0.1, 0.15) is 12.4 Å². The molecule has 2 aromatic rings. The highest BCUT2D eigenvalue weighted by Crippen LogP contribution is 2.23. The van der Waals surface area contributed by atoms with Crippen molar-refractivity contribution in [1.82, 2.24) is 15.1 Å². The molecule has 0 aliphatic rings. The van der Waals surface area contributed by atoms with Crippen LogP contribution in [-0.4, -0.2) is 35.4 Å². The number of nitrogens with zero attached hydrogens (tertiary/aromatic N) is 2. The van der Waals surface area contributed by atoms with Crippen LogP contribution in [0.3, 0.4) is 0 Å². The third kappa shape index (κ3) is 5.53. The first-order valence-corrected chi connectivity index (χ1v) is 7.48. The second-order valence-corrected chi connectivity index (χ2v) is 5.34. The topological polar surface area (TPSA) is 68.2 Å². The van der Waals surface area contributed by atoms with Crippen LogP contribution in [0.1, 0.15) is 11.1 Å². The number of hydrogen-bond acceptors (Lipinski definition) is 3. The quantitative estimate of drug-likeness (QED) is 0.816. The second-order valence-electron chi connectivity index (χ2n) is 5.34. The number of rotatable bonds is 7. The van der Waals surface area contributed by atoms with Gasteiger partial charge in [0.15, 0.2) is 0 Å². The third-order valence-electron chi connectivity index (χ3n) is 3.27. The largest absolute Gasteiger partial charge is 0.487 e. The van der Waals surface area contributed by atoms with E-state index >= 15 is 0 Å². The molecule has 1 aromatic heterocycles. The summed E-state index contributed by atoms with van der Waals surface area (Å²) in [6.45, 7) is 1.53. The summed E-state index contributed by atoms with van der Waals surface area (Å²) in [4.78, 5) is 11.9. The van der Waals surface area contributed by atoms with Gasteiger partial charge in [0.2, 0.25) is 0 Å². The monoisotopic (exact) mass is 338 g/mol. The zero-order valence-corrected chi connectivity index (χ0v) is 13.6. The van der Waals surface area contributed by atoms with Crippen LogP contribution in [-0.2, 0) is 13.5 Å². The highest BCUT2D eigenvalue weighted by Gasteiger charge is 2.08. The van der Waals surface area contributed by atoms with Crippen LogP contribution in [0.2, 0.25) is 0 Å². The molecule has 0 aliphatic carbocycles. The van der Waals surface area contributed by atoms with Crippen LogP contribution in [0.15, 0.2) is 30.6 Å². The molecule has 2 amide bonds. The fourth-order valence-electron chi connectivity index (χ4n) is 2.08. The number of aromatic nitrogens is 2. The van der Waals surface area contributed by atoms with Gasteiger partial charge >= 0.3 is 6.03 Å². The molecule has 1 aromatic carbocycles. The molecular weight excluding hydrogens is 318 g/mol. The molecule has 0 aliphatic heterocycles. The lowest BCUT2D eigenvalue weighted by Gasteiger charge is -2.12. The normalized spacial score (nSPS) is 10.7. The summed E-state index contributed by atoms with van der Waals surface area (Å²) in [7, 11) is 1.83. The van der Waals surface area contributed by atoms with Gasteiger partial charge in [-0.3, -0.25) is 4.68 Å². The Morgan fingerprint density at radius 1 is 1.42 bits per heavy atom. The van der Waals surface area contributed by atoms with Gasteiger partial charge in [-0.25, -0.2) is 13.6 Å². The van der Waals surface area contributed by atoms with Crippen molar-refractivity contribution in [3.63, 3.8) is 0 Å². The van der Waals surface area contributed by atoms with Gasteiger partial charge in [-0.15, -0.1) is 0 Å². The van der Waals surface area contributed by atoms with Gasteiger partial charge in [-0.05, 0) is 30.5 Å². The Kier molecular flexibility index (Phi) is 6.11. The summed E-state index contributed by atoms with van der Waals surface area (Å²) in [6, 6.07) is 4.54. The first-order valence-electron chi connectivity index (χ1n) is 7.48. The van der Waals surface area contributed by atoms with Gasteiger partial charge in [0.25, 0.3) is 6.43 Å². The van der Waals surface area contributed by atoms with Gasteiger partial charge < -0.3 is 15.4 Å². The lowest BCUT2D eigenvalue weighted by Crippen LogP contribution is -2.30. The van der Waals surface area contributed by atoms with E-state index in [2.05, 4.69) is 15.7 Å². The third-order valence-corrected chi connectivity index (χ3v) is 3.27. The molecule has 2 rings (SSSR count). The Morgan fingerprint density at radius 2 is 2.21 bits per heavy atom. The number of ether oxygens (including phenoxy) is 1. The predicted molar refractivity (Wildman–Crippen MR) is 86.6 cm³/mol. The average Bonchev–Trinajstić information content (AvgIpc) is 2.93. The Labute approximate surface area is 138 Å². The Bertz CT molecular complexity index is 688. The molecule has 130 valence electrons. The fraction of sp³-hybridized carbons (Fsp3) is 0.375. The van der Waals surface area contributed by atoms with Crippen molar-refractivity contribution in [3.8, 4) is 5.75 Å². The van der Waals surface area contributed by atoms with Crippen LogP contribution >= 0.6 is 0 Å². The van der Waals surface area contributed by atoms with Crippen molar-refractivity contribution in [3.05, 3.63) is 41.7 Å². The molecule has 0 spiro atoms. The molecule has 0 radical (unpaired) electrons. The number of urea groups is 1. The Balaban J connectivity index is 1.83. The standard InChI is InChI=1S/C16H20F2N4O2/c1-11-3-4-13(7-14(11)24-10-15(17)18)21-16(23)19-6-5-12-8-20-22(2)9-12/h3-4,7-9,15H,5-6,10H2,1-2H3,(H2,19,21,23). The molecule has 0 atom stereocenters. The van der Waals surface area contributed by atoms with E-state index in [9.17, 15) is 13.6 Å². The number of halogens is 2. The van der Waals surface area contributed by atoms with E-state index in [0.717, 1.165) is 11.1 Å². The summed E-state index contributed by atoms with van der Waals surface area (Å²) in [5.41, 5.74) is 2.22. The molecule has 2 N–H and O–H groups in total. The number of alkyl halides is 2. The Morgan fingerprint density at radius 3 is 2.88 bits per heavy atom. The number of aryl methyl sites for hydroxylation is 2. The van der Waals surface area contributed by atoms with E-state index in [1.54, 1.807) is 29.9 Å². The van der Waals surface area contributed by atoms with E-state index in [4.69, 9.17) is 4.74 Å². The van der Waals surface area contributed by atoms with Gasteiger partial charge in [-0.2, -0.15) is 5.10 Å². The molecule has 1 heterocycles. The molecule has 0 fully saturated rings. The maximum absolute atomic E-state index is 12.2.